The average Bonchev–Trinajstić information content (AvgIpc) is 2.14. The monoisotopic (exact) mass is 204 g/mol. The summed E-state index contributed by atoms with van der Waals surface area (Å²) < 4.78 is 0.663. The second kappa shape index (κ2) is 3.03. The molecule has 0 bridgehead atoms. The van der Waals surface area contributed by atoms with Gasteiger partial charge >= 0.3 is 0 Å². The van der Waals surface area contributed by atoms with Crippen LogP contribution in [-0.4, -0.2) is 16.5 Å². The highest BCUT2D eigenvalue weighted by Gasteiger charge is 2.01. The molecule has 0 aliphatic rings. The standard InChI is InChI=1S/C5H9BrN4/c6-4-5(8)10-3(9-4)1-2-7/h1-2,7-8H2,(H,9,10). The van der Waals surface area contributed by atoms with Gasteiger partial charge in [-0.2, -0.15) is 0 Å². The van der Waals surface area contributed by atoms with E-state index in [0.717, 1.165) is 12.2 Å². The number of hydrogen-bond acceptors (Lipinski definition) is 3. The number of aromatic amines is 1. The Morgan fingerprint density at radius 2 is 2.30 bits per heavy atom. The molecule has 5 N–H and O–H groups in total. The van der Waals surface area contributed by atoms with Gasteiger partial charge in [0.05, 0.1) is 0 Å². The summed E-state index contributed by atoms with van der Waals surface area (Å²) in [5.41, 5.74) is 10.8. The van der Waals surface area contributed by atoms with Crippen LogP contribution in [0.4, 0.5) is 5.82 Å². The predicted octanol–water partition coefficient (Wildman–Crippen LogP) is 0.256. The number of halogens is 1. The van der Waals surface area contributed by atoms with Crippen molar-refractivity contribution < 1.29 is 0 Å². The highest BCUT2D eigenvalue weighted by molar-refractivity contribution is 9.10. The van der Waals surface area contributed by atoms with E-state index in [1.54, 1.807) is 0 Å². The van der Waals surface area contributed by atoms with Crippen LogP contribution >= 0.6 is 15.9 Å². The number of hydrogen-bond donors (Lipinski definition) is 3. The third-order valence-corrected chi connectivity index (χ3v) is 1.72. The van der Waals surface area contributed by atoms with Crippen molar-refractivity contribution in [3.63, 3.8) is 0 Å². The molecule has 0 aliphatic heterocycles. The van der Waals surface area contributed by atoms with Crippen molar-refractivity contribution in [1.29, 1.82) is 0 Å². The molecule has 0 saturated carbocycles. The molecule has 1 aromatic rings. The van der Waals surface area contributed by atoms with Gasteiger partial charge in [-0.15, -0.1) is 0 Å². The normalized spacial score (nSPS) is 10.2. The zero-order valence-electron chi connectivity index (χ0n) is 5.39. The van der Waals surface area contributed by atoms with Crippen LogP contribution in [0.3, 0.4) is 0 Å². The van der Waals surface area contributed by atoms with Gasteiger partial charge in [-0.3, -0.25) is 0 Å². The molecule has 5 heteroatoms. The number of nitrogens with two attached hydrogens (primary N) is 2. The Labute approximate surface area is 67.1 Å². The molecule has 10 heavy (non-hydrogen) atoms. The number of aromatic nitrogens is 2. The van der Waals surface area contributed by atoms with E-state index in [2.05, 4.69) is 25.9 Å². The fourth-order valence-electron chi connectivity index (χ4n) is 0.669. The second-order valence-electron chi connectivity index (χ2n) is 1.93. The number of nitrogen functional groups attached to an aromatic ring is 1. The van der Waals surface area contributed by atoms with Crippen molar-refractivity contribution >= 4 is 21.7 Å². The highest BCUT2D eigenvalue weighted by Crippen LogP contribution is 2.14. The number of H-pyrrole nitrogens is 1. The first-order valence-electron chi connectivity index (χ1n) is 2.94. The Morgan fingerprint density at radius 1 is 1.60 bits per heavy atom. The van der Waals surface area contributed by atoms with Crippen LogP contribution in [0.1, 0.15) is 5.82 Å². The molecule has 0 radical (unpaired) electrons. The van der Waals surface area contributed by atoms with Crippen molar-refractivity contribution in [1.82, 2.24) is 9.97 Å². The molecule has 1 aromatic heterocycles. The minimum atomic E-state index is 0.559. The summed E-state index contributed by atoms with van der Waals surface area (Å²) in [4.78, 5) is 6.94. The van der Waals surface area contributed by atoms with Crippen LogP contribution in [0.2, 0.25) is 0 Å². The molecule has 4 nitrogen and oxygen atoms in total. The Bertz CT molecular complexity index is 200. The lowest BCUT2D eigenvalue weighted by Gasteiger charge is -1.87. The van der Waals surface area contributed by atoms with E-state index in [0.29, 0.717) is 17.0 Å². The Balaban J connectivity index is 2.77. The molecule has 0 aliphatic carbocycles. The molecule has 0 atom stereocenters. The summed E-state index contributed by atoms with van der Waals surface area (Å²) in [5.74, 6) is 1.38. The minimum absolute atomic E-state index is 0.559. The first-order valence-corrected chi connectivity index (χ1v) is 3.73. The highest BCUT2D eigenvalue weighted by atomic mass is 79.9. The molecule has 0 spiro atoms. The van der Waals surface area contributed by atoms with Crippen LogP contribution in [0.25, 0.3) is 0 Å². The molecule has 0 amide bonds. The van der Waals surface area contributed by atoms with Gasteiger partial charge in [-0.25, -0.2) is 4.98 Å². The Kier molecular flexibility index (Phi) is 2.29. The zero-order valence-corrected chi connectivity index (χ0v) is 6.98. The number of rotatable bonds is 2. The molecule has 56 valence electrons. The maximum Gasteiger partial charge on any atom is 0.148 e. The maximum absolute atomic E-state index is 5.47. The zero-order chi connectivity index (χ0) is 7.56. The van der Waals surface area contributed by atoms with E-state index in [4.69, 9.17) is 11.5 Å². The van der Waals surface area contributed by atoms with E-state index in [9.17, 15) is 0 Å². The van der Waals surface area contributed by atoms with E-state index < -0.39 is 0 Å². The van der Waals surface area contributed by atoms with Crippen LogP contribution in [-0.2, 0) is 6.42 Å². The van der Waals surface area contributed by atoms with E-state index in [-0.39, 0.29) is 0 Å². The fourth-order valence-corrected chi connectivity index (χ4v) is 0.982. The number of anilines is 1. The molecular weight excluding hydrogens is 196 g/mol. The predicted molar refractivity (Wildman–Crippen MR) is 43.5 cm³/mol. The molecule has 0 unspecified atom stereocenters. The lowest BCUT2D eigenvalue weighted by molar-refractivity contribution is 0.893. The van der Waals surface area contributed by atoms with Gasteiger partial charge in [0.25, 0.3) is 0 Å². The summed E-state index contributed by atoms with van der Waals surface area (Å²) in [6.07, 6.45) is 0.732. The van der Waals surface area contributed by atoms with Crippen molar-refractivity contribution in [2.45, 2.75) is 6.42 Å². The SMILES string of the molecule is NCCc1nc(Br)c(N)[nH]1. The average molecular weight is 205 g/mol. The summed E-state index contributed by atoms with van der Waals surface area (Å²) in [7, 11) is 0. The smallest absolute Gasteiger partial charge is 0.148 e. The van der Waals surface area contributed by atoms with E-state index in [1.807, 2.05) is 0 Å². The topological polar surface area (TPSA) is 80.7 Å². The fraction of sp³-hybridized carbons (Fsp3) is 0.400. The Morgan fingerprint density at radius 3 is 2.70 bits per heavy atom. The summed E-state index contributed by atoms with van der Waals surface area (Å²) in [5, 5.41) is 0. The summed E-state index contributed by atoms with van der Waals surface area (Å²) in [6.45, 7) is 0.583. The van der Waals surface area contributed by atoms with Gasteiger partial charge in [0.1, 0.15) is 16.2 Å². The van der Waals surface area contributed by atoms with Gasteiger partial charge in [0.15, 0.2) is 0 Å². The van der Waals surface area contributed by atoms with Crippen LogP contribution in [0.5, 0.6) is 0 Å². The summed E-state index contributed by atoms with van der Waals surface area (Å²) in [6, 6.07) is 0. The van der Waals surface area contributed by atoms with Crippen LogP contribution < -0.4 is 11.5 Å². The minimum Gasteiger partial charge on any atom is -0.383 e. The molecule has 0 fully saturated rings. The third kappa shape index (κ3) is 1.48. The number of nitrogens with zero attached hydrogens (tertiary/aromatic N) is 1. The van der Waals surface area contributed by atoms with Gasteiger partial charge in [0.2, 0.25) is 0 Å². The number of nitrogens with one attached hydrogen (secondary N) is 1. The van der Waals surface area contributed by atoms with Gasteiger partial charge in [0, 0.05) is 6.42 Å². The van der Waals surface area contributed by atoms with Crippen molar-refractivity contribution in [3.8, 4) is 0 Å². The number of imidazole rings is 1. The largest absolute Gasteiger partial charge is 0.383 e. The van der Waals surface area contributed by atoms with Crippen molar-refractivity contribution in [3.05, 3.63) is 10.4 Å². The molecule has 0 saturated heterocycles. The quantitative estimate of drug-likeness (QED) is 0.647. The maximum atomic E-state index is 5.47. The second-order valence-corrected chi connectivity index (χ2v) is 2.68. The van der Waals surface area contributed by atoms with Crippen LogP contribution in [0.15, 0.2) is 4.60 Å². The lowest BCUT2D eigenvalue weighted by Crippen LogP contribution is -2.03. The Hall–Kier alpha value is -0.550. The molecule has 1 heterocycles. The third-order valence-electron chi connectivity index (χ3n) is 1.12. The molecule has 1 rings (SSSR count). The lowest BCUT2D eigenvalue weighted by atomic mass is 10.4. The first kappa shape index (κ1) is 7.56. The van der Waals surface area contributed by atoms with E-state index >= 15 is 0 Å². The van der Waals surface area contributed by atoms with Crippen LogP contribution in [0, 0.1) is 0 Å². The summed E-state index contributed by atoms with van der Waals surface area (Å²) >= 11 is 3.18. The van der Waals surface area contributed by atoms with Crippen molar-refractivity contribution in [2.75, 3.05) is 12.3 Å². The van der Waals surface area contributed by atoms with Gasteiger partial charge in [-0.1, -0.05) is 0 Å². The first-order chi connectivity index (χ1) is 4.74. The van der Waals surface area contributed by atoms with Gasteiger partial charge in [-0.05, 0) is 22.5 Å². The molecule has 0 aromatic carbocycles. The van der Waals surface area contributed by atoms with Gasteiger partial charge < -0.3 is 16.5 Å². The molecular formula is C5H9BrN4. The van der Waals surface area contributed by atoms with E-state index in [1.165, 1.54) is 0 Å². The van der Waals surface area contributed by atoms with Crippen molar-refractivity contribution in [2.24, 2.45) is 5.73 Å².